The lowest BCUT2D eigenvalue weighted by Gasteiger charge is -2.45. The first kappa shape index (κ1) is 18.5. The summed E-state index contributed by atoms with van der Waals surface area (Å²) in [5.41, 5.74) is 1.88. The number of fused-ring (bicyclic) bond motifs is 1. The number of benzene rings is 1. The van der Waals surface area contributed by atoms with Crippen LogP contribution in [0.1, 0.15) is 31.1 Å². The van der Waals surface area contributed by atoms with Crippen molar-refractivity contribution in [3.63, 3.8) is 0 Å². The van der Waals surface area contributed by atoms with Crippen LogP contribution in [0.4, 0.5) is 20.3 Å². The van der Waals surface area contributed by atoms with E-state index in [-0.39, 0.29) is 0 Å². The van der Waals surface area contributed by atoms with E-state index in [2.05, 4.69) is 20.5 Å². The molecule has 0 spiro atoms. The standard InChI is InChI=1S/C20H21F2N5O/c1-11(15-5-4-13(21)6-17(15)22)24-19-16-7-14(27-9-20(3,28)10-27)8-23-18(16)12(2)25-26-19/h4-8,11,28H,9-10H2,1-3H3,(H,24,26)/t11-/m1/s1. The quantitative estimate of drug-likeness (QED) is 0.718. The second kappa shape index (κ2) is 6.63. The van der Waals surface area contributed by atoms with Gasteiger partial charge < -0.3 is 15.3 Å². The number of pyridine rings is 1. The minimum atomic E-state index is -0.697. The average molecular weight is 385 g/mol. The van der Waals surface area contributed by atoms with Crippen molar-refractivity contribution in [3.8, 4) is 0 Å². The minimum absolute atomic E-state index is 0.333. The van der Waals surface area contributed by atoms with E-state index in [0.29, 0.717) is 35.7 Å². The molecular formula is C20H21F2N5O. The number of halogens is 2. The molecular weight excluding hydrogens is 364 g/mol. The van der Waals surface area contributed by atoms with Gasteiger partial charge in [0.05, 0.1) is 34.7 Å². The van der Waals surface area contributed by atoms with Crippen LogP contribution in [0.3, 0.4) is 0 Å². The Kier molecular flexibility index (Phi) is 4.38. The predicted molar refractivity (Wildman–Crippen MR) is 103 cm³/mol. The molecule has 3 heterocycles. The molecule has 0 radical (unpaired) electrons. The SMILES string of the molecule is Cc1nnc(N[C@H](C)c2ccc(F)cc2F)c2cc(N3CC(C)(O)C3)cnc12. The Morgan fingerprint density at radius 3 is 2.64 bits per heavy atom. The summed E-state index contributed by atoms with van der Waals surface area (Å²) in [4.78, 5) is 6.53. The number of aromatic nitrogens is 3. The molecule has 2 N–H and O–H groups in total. The van der Waals surface area contributed by atoms with Gasteiger partial charge in [0.15, 0.2) is 5.82 Å². The first-order valence-electron chi connectivity index (χ1n) is 9.05. The number of aryl methyl sites for hydroxylation is 1. The maximum Gasteiger partial charge on any atom is 0.158 e. The molecule has 2 aromatic heterocycles. The summed E-state index contributed by atoms with van der Waals surface area (Å²) in [7, 11) is 0. The molecule has 0 unspecified atom stereocenters. The number of rotatable bonds is 4. The highest BCUT2D eigenvalue weighted by Gasteiger charge is 2.36. The summed E-state index contributed by atoms with van der Waals surface area (Å²) >= 11 is 0. The number of anilines is 2. The first-order chi connectivity index (χ1) is 13.2. The van der Waals surface area contributed by atoms with Gasteiger partial charge in [-0.15, -0.1) is 5.10 Å². The summed E-state index contributed by atoms with van der Waals surface area (Å²) in [5, 5.41) is 22.3. The van der Waals surface area contributed by atoms with Gasteiger partial charge in [-0.25, -0.2) is 8.78 Å². The van der Waals surface area contributed by atoms with Crippen molar-refractivity contribution in [2.45, 2.75) is 32.4 Å². The maximum absolute atomic E-state index is 14.1. The molecule has 4 rings (SSSR count). The van der Waals surface area contributed by atoms with Crippen molar-refractivity contribution >= 4 is 22.4 Å². The van der Waals surface area contributed by atoms with Crippen molar-refractivity contribution in [1.82, 2.24) is 15.2 Å². The molecule has 3 aromatic rings. The Balaban J connectivity index is 1.69. The highest BCUT2D eigenvalue weighted by atomic mass is 19.1. The van der Waals surface area contributed by atoms with E-state index in [1.807, 2.05) is 17.9 Å². The molecule has 1 aliphatic heterocycles. The van der Waals surface area contributed by atoms with E-state index in [0.717, 1.165) is 17.1 Å². The molecule has 1 aliphatic rings. The van der Waals surface area contributed by atoms with Crippen LogP contribution in [0.25, 0.3) is 10.9 Å². The van der Waals surface area contributed by atoms with E-state index >= 15 is 0 Å². The Morgan fingerprint density at radius 1 is 1.21 bits per heavy atom. The Bertz CT molecular complexity index is 1050. The number of nitrogens with one attached hydrogen (secondary N) is 1. The smallest absolute Gasteiger partial charge is 0.158 e. The monoisotopic (exact) mass is 385 g/mol. The molecule has 1 aromatic carbocycles. The van der Waals surface area contributed by atoms with E-state index in [4.69, 9.17) is 0 Å². The van der Waals surface area contributed by atoms with Crippen LogP contribution in [0, 0.1) is 18.6 Å². The molecule has 0 bridgehead atoms. The lowest BCUT2D eigenvalue weighted by Crippen LogP contribution is -2.60. The van der Waals surface area contributed by atoms with Crippen molar-refractivity contribution < 1.29 is 13.9 Å². The van der Waals surface area contributed by atoms with Crippen LogP contribution in [0.15, 0.2) is 30.5 Å². The lowest BCUT2D eigenvalue weighted by atomic mass is 9.96. The van der Waals surface area contributed by atoms with Crippen LogP contribution >= 0.6 is 0 Å². The fourth-order valence-corrected chi connectivity index (χ4v) is 3.52. The zero-order valence-corrected chi connectivity index (χ0v) is 15.9. The minimum Gasteiger partial charge on any atom is -0.386 e. The van der Waals surface area contributed by atoms with E-state index in [9.17, 15) is 13.9 Å². The fourth-order valence-electron chi connectivity index (χ4n) is 3.52. The summed E-state index contributed by atoms with van der Waals surface area (Å²) in [6.45, 7) is 6.44. The third-order valence-corrected chi connectivity index (χ3v) is 4.98. The number of hydrogen-bond acceptors (Lipinski definition) is 6. The Labute approximate surface area is 161 Å². The van der Waals surface area contributed by atoms with Crippen molar-refractivity contribution in [3.05, 3.63) is 53.4 Å². The molecule has 146 valence electrons. The van der Waals surface area contributed by atoms with Crippen LogP contribution in [-0.2, 0) is 0 Å². The zero-order chi connectivity index (χ0) is 20.1. The van der Waals surface area contributed by atoms with Crippen LogP contribution < -0.4 is 10.2 Å². The van der Waals surface area contributed by atoms with Crippen LogP contribution in [0.5, 0.6) is 0 Å². The third kappa shape index (κ3) is 3.35. The van der Waals surface area contributed by atoms with Gasteiger partial charge in [0, 0.05) is 30.1 Å². The summed E-state index contributed by atoms with van der Waals surface area (Å²) < 4.78 is 27.3. The van der Waals surface area contributed by atoms with Crippen molar-refractivity contribution in [2.75, 3.05) is 23.3 Å². The molecule has 8 heteroatoms. The summed E-state index contributed by atoms with van der Waals surface area (Å²) in [5.74, 6) is -0.766. The molecule has 1 fully saturated rings. The maximum atomic E-state index is 14.1. The van der Waals surface area contributed by atoms with Crippen molar-refractivity contribution in [2.24, 2.45) is 0 Å². The van der Waals surface area contributed by atoms with E-state index < -0.39 is 23.3 Å². The van der Waals surface area contributed by atoms with E-state index in [1.165, 1.54) is 12.1 Å². The lowest BCUT2D eigenvalue weighted by molar-refractivity contribution is 0.0310. The van der Waals surface area contributed by atoms with Gasteiger partial charge in [0.2, 0.25) is 0 Å². The molecule has 0 aliphatic carbocycles. The Hall–Kier alpha value is -2.87. The van der Waals surface area contributed by atoms with E-state index in [1.54, 1.807) is 20.0 Å². The first-order valence-corrected chi connectivity index (χ1v) is 9.05. The third-order valence-electron chi connectivity index (χ3n) is 4.98. The Morgan fingerprint density at radius 2 is 1.96 bits per heavy atom. The van der Waals surface area contributed by atoms with Gasteiger partial charge in [-0.3, -0.25) is 4.98 Å². The van der Waals surface area contributed by atoms with Gasteiger partial charge in [-0.05, 0) is 32.9 Å². The van der Waals surface area contributed by atoms with Gasteiger partial charge >= 0.3 is 0 Å². The second-order valence-electron chi connectivity index (χ2n) is 7.61. The largest absolute Gasteiger partial charge is 0.386 e. The van der Waals surface area contributed by atoms with Crippen LogP contribution in [0.2, 0.25) is 0 Å². The molecule has 0 amide bonds. The molecule has 28 heavy (non-hydrogen) atoms. The van der Waals surface area contributed by atoms with Crippen LogP contribution in [-0.4, -0.2) is 39.0 Å². The highest BCUT2D eigenvalue weighted by molar-refractivity contribution is 5.92. The molecule has 1 atom stereocenters. The summed E-state index contributed by atoms with van der Waals surface area (Å²) in [6, 6.07) is 4.99. The van der Waals surface area contributed by atoms with Gasteiger partial charge in [0.25, 0.3) is 0 Å². The topological polar surface area (TPSA) is 74.2 Å². The number of hydrogen-bond donors (Lipinski definition) is 2. The number of β-amino-alcohol motifs (C(OH)–C–C–N with tert-alkyl or cyclic N) is 1. The van der Waals surface area contributed by atoms with Gasteiger partial charge in [-0.1, -0.05) is 6.07 Å². The predicted octanol–water partition coefficient (Wildman–Crippen LogP) is 3.36. The second-order valence-corrected chi connectivity index (χ2v) is 7.61. The normalized spacial score (nSPS) is 16.7. The van der Waals surface area contributed by atoms with Gasteiger partial charge in [0.1, 0.15) is 11.6 Å². The molecule has 0 saturated carbocycles. The zero-order valence-electron chi connectivity index (χ0n) is 15.9. The van der Waals surface area contributed by atoms with Gasteiger partial charge in [-0.2, -0.15) is 5.10 Å². The average Bonchev–Trinajstić information content (AvgIpc) is 2.61. The van der Waals surface area contributed by atoms with Crippen molar-refractivity contribution in [1.29, 1.82) is 0 Å². The number of nitrogens with zero attached hydrogens (tertiary/aromatic N) is 4. The number of aliphatic hydroxyl groups is 1. The molecule has 1 saturated heterocycles. The fraction of sp³-hybridized carbons (Fsp3) is 0.350. The summed E-state index contributed by atoms with van der Waals surface area (Å²) in [6.07, 6.45) is 1.75. The highest BCUT2D eigenvalue weighted by Crippen LogP contribution is 2.32. The molecule has 6 nitrogen and oxygen atoms in total.